The Kier molecular flexibility index (Phi) is 4.69. The van der Waals surface area contributed by atoms with Crippen molar-refractivity contribution >= 4 is 11.8 Å². The van der Waals surface area contributed by atoms with E-state index in [1.165, 1.54) is 25.7 Å². The molecule has 100 valence electrons. The molecule has 0 spiro atoms. The van der Waals surface area contributed by atoms with Gasteiger partial charge in [-0.3, -0.25) is 0 Å². The van der Waals surface area contributed by atoms with Crippen molar-refractivity contribution in [1.82, 2.24) is 20.1 Å². The highest BCUT2D eigenvalue weighted by atomic mass is 15.3. The van der Waals surface area contributed by atoms with E-state index in [-0.39, 0.29) is 0 Å². The van der Waals surface area contributed by atoms with E-state index in [0.717, 1.165) is 18.9 Å². The molecule has 0 bridgehead atoms. The number of nitrogens with zero attached hydrogens (tertiary/aromatic N) is 4. The van der Waals surface area contributed by atoms with E-state index in [4.69, 9.17) is 0 Å². The Morgan fingerprint density at radius 3 is 2.83 bits per heavy atom. The lowest BCUT2D eigenvalue weighted by Crippen LogP contribution is -2.22. The zero-order valence-electron chi connectivity index (χ0n) is 11.2. The number of nitrogens with one attached hydrogen (secondary N) is 2. The van der Waals surface area contributed by atoms with Crippen LogP contribution in [0.4, 0.5) is 11.8 Å². The second-order valence-corrected chi connectivity index (χ2v) is 5.02. The predicted octanol–water partition coefficient (Wildman–Crippen LogP) is 1.20. The van der Waals surface area contributed by atoms with Gasteiger partial charge in [-0.2, -0.15) is 10.1 Å². The van der Waals surface area contributed by atoms with E-state index in [2.05, 4.69) is 30.7 Å². The highest BCUT2D eigenvalue weighted by Gasteiger charge is 2.15. The third-order valence-corrected chi connectivity index (χ3v) is 3.11. The van der Waals surface area contributed by atoms with Crippen LogP contribution in [0, 0.1) is 0 Å². The van der Waals surface area contributed by atoms with Gasteiger partial charge in [0, 0.05) is 19.1 Å². The predicted molar refractivity (Wildman–Crippen MR) is 72.7 cm³/mol. The molecule has 18 heavy (non-hydrogen) atoms. The summed E-state index contributed by atoms with van der Waals surface area (Å²) in [6, 6.07) is 0.517. The monoisotopic (exact) mass is 250 g/mol. The second-order valence-electron chi connectivity index (χ2n) is 5.02. The van der Waals surface area contributed by atoms with Crippen LogP contribution in [0.1, 0.15) is 25.7 Å². The summed E-state index contributed by atoms with van der Waals surface area (Å²) < 4.78 is 0. The van der Waals surface area contributed by atoms with Crippen molar-refractivity contribution in [2.45, 2.75) is 31.7 Å². The van der Waals surface area contributed by atoms with Crippen molar-refractivity contribution < 1.29 is 0 Å². The lowest BCUT2D eigenvalue weighted by atomic mass is 10.3. The summed E-state index contributed by atoms with van der Waals surface area (Å²) in [6.45, 7) is 1.82. The molecule has 1 aliphatic rings. The smallest absolute Gasteiger partial charge is 0.244 e. The molecule has 0 radical (unpaired) electrons. The SMILES string of the molecule is CN(C)CCNc1cnnc(NC2CCCC2)n1. The van der Waals surface area contributed by atoms with Gasteiger partial charge in [-0.25, -0.2) is 0 Å². The van der Waals surface area contributed by atoms with Crippen molar-refractivity contribution in [2.24, 2.45) is 0 Å². The molecule has 1 fully saturated rings. The first-order chi connectivity index (χ1) is 8.74. The highest BCUT2D eigenvalue weighted by Crippen LogP contribution is 2.20. The van der Waals surface area contributed by atoms with E-state index < -0.39 is 0 Å². The second kappa shape index (κ2) is 6.49. The molecule has 0 atom stereocenters. The Bertz CT molecular complexity index is 361. The average Bonchev–Trinajstić information content (AvgIpc) is 2.82. The first-order valence-corrected chi connectivity index (χ1v) is 6.59. The van der Waals surface area contributed by atoms with Gasteiger partial charge in [0.05, 0.1) is 6.20 Å². The molecule has 1 aliphatic carbocycles. The van der Waals surface area contributed by atoms with Gasteiger partial charge in [0.15, 0.2) is 5.82 Å². The van der Waals surface area contributed by atoms with Crippen LogP contribution in [-0.4, -0.2) is 53.3 Å². The summed E-state index contributed by atoms with van der Waals surface area (Å²) in [7, 11) is 4.10. The minimum absolute atomic E-state index is 0.517. The van der Waals surface area contributed by atoms with Gasteiger partial charge >= 0.3 is 0 Å². The molecular formula is C12H22N6. The lowest BCUT2D eigenvalue weighted by Gasteiger charge is -2.13. The van der Waals surface area contributed by atoms with E-state index >= 15 is 0 Å². The van der Waals surface area contributed by atoms with Crippen LogP contribution < -0.4 is 10.6 Å². The van der Waals surface area contributed by atoms with Crippen LogP contribution in [0.25, 0.3) is 0 Å². The number of likely N-dealkylation sites (N-methyl/N-ethyl adjacent to an activating group) is 1. The van der Waals surface area contributed by atoms with E-state index in [9.17, 15) is 0 Å². The van der Waals surface area contributed by atoms with Gasteiger partial charge in [0.1, 0.15) is 0 Å². The average molecular weight is 250 g/mol. The summed E-state index contributed by atoms with van der Waals surface area (Å²) in [4.78, 5) is 6.54. The number of aromatic nitrogens is 3. The number of rotatable bonds is 6. The molecule has 6 heteroatoms. The molecule has 0 saturated heterocycles. The van der Waals surface area contributed by atoms with Crippen molar-refractivity contribution in [2.75, 3.05) is 37.8 Å². The van der Waals surface area contributed by atoms with Crippen LogP contribution in [0.15, 0.2) is 6.20 Å². The third-order valence-electron chi connectivity index (χ3n) is 3.11. The Morgan fingerprint density at radius 2 is 2.11 bits per heavy atom. The van der Waals surface area contributed by atoms with Crippen molar-refractivity contribution in [3.63, 3.8) is 0 Å². The van der Waals surface area contributed by atoms with E-state index in [1.807, 2.05) is 14.1 Å². The van der Waals surface area contributed by atoms with Gasteiger partial charge in [0.2, 0.25) is 5.95 Å². The zero-order valence-corrected chi connectivity index (χ0v) is 11.2. The van der Waals surface area contributed by atoms with Gasteiger partial charge in [-0.1, -0.05) is 12.8 Å². The molecule has 2 rings (SSSR count). The van der Waals surface area contributed by atoms with Gasteiger partial charge in [-0.05, 0) is 26.9 Å². The maximum Gasteiger partial charge on any atom is 0.244 e. The summed E-state index contributed by atoms with van der Waals surface area (Å²) in [5.41, 5.74) is 0. The molecule has 0 amide bonds. The highest BCUT2D eigenvalue weighted by molar-refractivity contribution is 5.37. The maximum atomic E-state index is 4.42. The zero-order chi connectivity index (χ0) is 12.8. The maximum absolute atomic E-state index is 4.42. The topological polar surface area (TPSA) is 66.0 Å². The number of anilines is 2. The van der Waals surface area contributed by atoms with Gasteiger partial charge < -0.3 is 15.5 Å². The fourth-order valence-corrected chi connectivity index (χ4v) is 2.11. The molecule has 1 saturated carbocycles. The van der Waals surface area contributed by atoms with Gasteiger partial charge in [0.25, 0.3) is 0 Å². The van der Waals surface area contributed by atoms with Crippen molar-refractivity contribution in [3.8, 4) is 0 Å². The Hall–Kier alpha value is -1.43. The van der Waals surface area contributed by atoms with Crippen molar-refractivity contribution in [3.05, 3.63) is 6.20 Å². The van der Waals surface area contributed by atoms with Crippen LogP contribution in [0.5, 0.6) is 0 Å². The fraction of sp³-hybridized carbons (Fsp3) is 0.750. The van der Waals surface area contributed by atoms with Crippen LogP contribution in [0.2, 0.25) is 0 Å². The molecule has 0 aliphatic heterocycles. The summed E-state index contributed by atoms with van der Waals surface area (Å²) >= 11 is 0. The molecule has 0 aromatic carbocycles. The molecule has 1 aromatic rings. The van der Waals surface area contributed by atoms with Gasteiger partial charge in [-0.15, -0.1) is 5.10 Å². The Morgan fingerprint density at radius 1 is 1.33 bits per heavy atom. The molecule has 1 aromatic heterocycles. The van der Waals surface area contributed by atoms with E-state index in [1.54, 1.807) is 6.20 Å². The fourth-order valence-electron chi connectivity index (χ4n) is 2.11. The van der Waals surface area contributed by atoms with Crippen LogP contribution >= 0.6 is 0 Å². The summed E-state index contributed by atoms with van der Waals surface area (Å²) in [6.07, 6.45) is 6.68. The lowest BCUT2D eigenvalue weighted by molar-refractivity contribution is 0.425. The largest absolute Gasteiger partial charge is 0.367 e. The van der Waals surface area contributed by atoms with Crippen LogP contribution in [-0.2, 0) is 0 Å². The standard InChI is InChI=1S/C12H22N6/c1-18(2)8-7-13-11-9-14-17-12(16-11)15-10-5-3-4-6-10/h9-10H,3-8H2,1-2H3,(H2,13,15,16,17). The Labute approximate surface area is 108 Å². The van der Waals surface area contributed by atoms with E-state index in [0.29, 0.717) is 12.0 Å². The minimum atomic E-state index is 0.517. The first kappa shape index (κ1) is 13.0. The first-order valence-electron chi connectivity index (χ1n) is 6.59. The molecule has 2 N–H and O–H groups in total. The molecule has 1 heterocycles. The quantitative estimate of drug-likeness (QED) is 0.791. The van der Waals surface area contributed by atoms with Crippen LogP contribution in [0.3, 0.4) is 0 Å². The Balaban J connectivity index is 1.84. The number of hydrogen-bond donors (Lipinski definition) is 2. The van der Waals surface area contributed by atoms with Crippen molar-refractivity contribution in [1.29, 1.82) is 0 Å². The third kappa shape index (κ3) is 4.10. The summed E-state index contributed by atoms with van der Waals surface area (Å²) in [5, 5.41) is 14.6. The molecular weight excluding hydrogens is 228 g/mol. The molecule has 6 nitrogen and oxygen atoms in total. The summed E-state index contributed by atoms with van der Waals surface area (Å²) in [5.74, 6) is 1.42. The minimum Gasteiger partial charge on any atom is -0.367 e. The normalized spacial score (nSPS) is 16.2. The molecule has 0 unspecified atom stereocenters. The number of hydrogen-bond acceptors (Lipinski definition) is 6.